The van der Waals surface area contributed by atoms with Gasteiger partial charge in [0.2, 0.25) is 0 Å². The van der Waals surface area contributed by atoms with E-state index in [0.29, 0.717) is 10.7 Å². The number of rotatable bonds is 0. The number of hydrogen-bond donors (Lipinski definition) is 0. The van der Waals surface area contributed by atoms with E-state index in [1.807, 2.05) is 0 Å². The first-order valence-corrected chi connectivity index (χ1v) is 6.09. The third-order valence-corrected chi connectivity index (χ3v) is 4.65. The molecular formula is C10H8BrClN2O2. The van der Waals surface area contributed by atoms with Crippen LogP contribution in [0.3, 0.4) is 0 Å². The highest BCUT2D eigenvalue weighted by Crippen LogP contribution is 2.49. The Morgan fingerprint density at radius 2 is 2.00 bits per heavy atom. The molecule has 6 heteroatoms. The summed E-state index contributed by atoms with van der Waals surface area (Å²) in [5.41, 5.74) is -0.394. The van der Waals surface area contributed by atoms with Crippen LogP contribution in [0.5, 0.6) is 0 Å². The van der Waals surface area contributed by atoms with Crippen molar-refractivity contribution in [3.05, 3.63) is 33.2 Å². The quantitative estimate of drug-likeness (QED) is 0.689. The first-order chi connectivity index (χ1) is 7.58. The molecule has 2 heterocycles. The van der Waals surface area contributed by atoms with E-state index in [4.69, 9.17) is 11.6 Å². The highest BCUT2D eigenvalue weighted by atomic mass is 79.9. The number of aromatic nitrogens is 1. The second-order valence-corrected chi connectivity index (χ2v) is 5.24. The smallest absolute Gasteiger partial charge is 0.277 e. The largest absolute Gasteiger partial charge is 0.284 e. The number of amides is 1. The molecule has 0 N–H and O–H groups in total. The molecule has 1 saturated carbocycles. The SMILES string of the molecule is O=C1c2c(Cl)ccc(=O)n2C2(CCC2)N1Br. The van der Waals surface area contributed by atoms with Crippen molar-refractivity contribution in [3.63, 3.8) is 0 Å². The minimum atomic E-state index is -0.519. The lowest BCUT2D eigenvalue weighted by Crippen LogP contribution is -2.50. The molecule has 1 spiro atoms. The monoisotopic (exact) mass is 302 g/mol. The molecule has 2 aliphatic rings. The zero-order chi connectivity index (χ0) is 11.5. The predicted molar refractivity (Wildman–Crippen MR) is 62.6 cm³/mol. The molecule has 0 radical (unpaired) electrons. The van der Waals surface area contributed by atoms with Gasteiger partial charge < -0.3 is 0 Å². The molecule has 0 atom stereocenters. The van der Waals surface area contributed by atoms with E-state index in [1.54, 1.807) is 0 Å². The molecule has 3 rings (SSSR count). The number of nitrogens with zero attached hydrogens (tertiary/aromatic N) is 2. The van der Waals surface area contributed by atoms with E-state index in [0.717, 1.165) is 19.3 Å². The average Bonchev–Trinajstić information content (AvgIpc) is 2.44. The molecule has 1 fully saturated rings. The Kier molecular flexibility index (Phi) is 2.01. The molecule has 1 amide bonds. The van der Waals surface area contributed by atoms with Crippen molar-refractivity contribution in [2.45, 2.75) is 24.9 Å². The summed E-state index contributed by atoms with van der Waals surface area (Å²) < 4.78 is 2.99. The van der Waals surface area contributed by atoms with Crippen LogP contribution < -0.4 is 5.56 Å². The summed E-state index contributed by atoms with van der Waals surface area (Å²) in [5, 5.41) is 0.331. The molecule has 84 valence electrons. The number of fused-ring (bicyclic) bond motifs is 2. The van der Waals surface area contributed by atoms with Gasteiger partial charge in [0.1, 0.15) is 11.4 Å². The Balaban J connectivity index is 2.37. The number of carbonyl (C=O) groups is 1. The summed E-state index contributed by atoms with van der Waals surface area (Å²) in [4.78, 5) is 23.9. The summed E-state index contributed by atoms with van der Waals surface area (Å²) in [6, 6.07) is 2.89. The maximum atomic E-state index is 12.0. The molecule has 4 nitrogen and oxygen atoms in total. The van der Waals surface area contributed by atoms with Crippen molar-refractivity contribution in [1.82, 2.24) is 8.49 Å². The maximum absolute atomic E-state index is 12.0. The second kappa shape index (κ2) is 3.11. The van der Waals surface area contributed by atoms with Crippen molar-refractivity contribution in [3.8, 4) is 0 Å². The van der Waals surface area contributed by atoms with Gasteiger partial charge in [-0.1, -0.05) is 11.6 Å². The van der Waals surface area contributed by atoms with E-state index >= 15 is 0 Å². The number of hydrogen-bond acceptors (Lipinski definition) is 2. The molecule has 1 aliphatic heterocycles. The summed E-state index contributed by atoms with van der Waals surface area (Å²) in [6.45, 7) is 0. The van der Waals surface area contributed by atoms with Gasteiger partial charge in [-0.05, 0) is 25.3 Å². The van der Waals surface area contributed by atoms with Crippen molar-refractivity contribution < 1.29 is 4.79 Å². The van der Waals surface area contributed by atoms with Crippen LogP contribution in [0.25, 0.3) is 0 Å². The Bertz CT molecular complexity index is 550. The van der Waals surface area contributed by atoms with E-state index in [2.05, 4.69) is 16.1 Å². The Morgan fingerprint density at radius 1 is 1.31 bits per heavy atom. The van der Waals surface area contributed by atoms with Crippen LogP contribution in [0.4, 0.5) is 0 Å². The number of pyridine rings is 1. The fourth-order valence-corrected chi connectivity index (χ4v) is 3.32. The van der Waals surface area contributed by atoms with E-state index in [9.17, 15) is 9.59 Å². The molecule has 1 aliphatic carbocycles. The van der Waals surface area contributed by atoms with E-state index < -0.39 is 5.66 Å². The molecule has 0 saturated heterocycles. The molecule has 16 heavy (non-hydrogen) atoms. The van der Waals surface area contributed by atoms with Crippen LogP contribution in [0.2, 0.25) is 5.02 Å². The Hall–Kier alpha value is -0.810. The topological polar surface area (TPSA) is 42.3 Å². The van der Waals surface area contributed by atoms with Gasteiger partial charge in [0.05, 0.1) is 21.2 Å². The molecule has 1 aromatic heterocycles. The zero-order valence-corrected chi connectivity index (χ0v) is 10.6. The second-order valence-electron chi connectivity index (χ2n) is 4.13. The average molecular weight is 304 g/mol. The lowest BCUT2D eigenvalue weighted by Gasteiger charge is -2.43. The summed E-state index contributed by atoms with van der Waals surface area (Å²) in [5.74, 6) is -0.234. The van der Waals surface area contributed by atoms with Crippen LogP contribution in [0, 0.1) is 0 Å². The minimum absolute atomic E-state index is 0.172. The predicted octanol–water partition coefficient (Wildman–Crippen LogP) is 2.10. The highest BCUT2D eigenvalue weighted by Gasteiger charge is 2.54. The lowest BCUT2D eigenvalue weighted by atomic mass is 9.85. The van der Waals surface area contributed by atoms with Crippen LogP contribution in [-0.2, 0) is 5.66 Å². The van der Waals surface area contributed by atoms with Crippen LogP contribution in [0.15, 0.2) is 16.9 Å². The third kappa shape index (κ3) is 1.00. The summed E-state index contributed by atoms with van der Waals surface area (Å²) in [6.07, 6.45) is 2.59. The standard InChI is InChI=1S/C10H8BrClN2O2/c11-14-9(16)8-6(12)2-3-7(15)13(8)10(14)4-1-5-10/h2-3H,1,4-5H2. The van der Waals surface area contributed by atoms with Gasteiger partial charge in [0.25, 0.3) is 11.5 Å². The molecule has 1 aromatic rings. The Labute approximate surface area is 105 Å². The summed E-state index contributed by atoms with van der Waals surface area (Å²) >= 11 is 9.23. The van der Waals surface area contributed by atoms with Gasteiger partial charge >= 0.3 is 0 Å². The lowest BCUT2D eigenvalue weighted by molar-refractivity contribution is 0.0395. The van der Waals surface area contributed by atoms with E-state index in [-0.39, 0.29) is 11.5 Å². The van der Waals surface area contributed by atoms with Gasteiger partial charge in [-0.3, -0.25) is 14.2 Å². The van der Waals surface area contributed by atoms with Crippen molar-refractivity contribution in [2.75, 3.05) is 0 Å². The highest BCUT2D eigenvalue weighted by molar-refractivity contribution is 9.07. The first-order valence-electron chi connectivity index (χ1n) is 5.00. The van der Waals surface area contributed by atoms with Gasteiger partial charge in [0, 0.05) is 6.07 Å². The fourth-order valence-electron chi connectivity index (χ4n) is 2.41. The Morgan fingerprint density at radius 3 is 2.56 bits per heavy atom. The summed E-state index contributed by atoms with van der Waals surface area (Å²) in [7, 11) is 0. The van der Waals surface area contributed by atoms with Crippen LogP contribution >= 0.6 is 27.7 Å². The molecule has 0 unspecified atom stereocenters. The zero-order valence-electron chi connectivity index (χ0n) is 8.24. The van der Waals surface area contributed by atoms with Gasteiger partial charge in [-0.15, -0.1) is 0 Å². The minimum Gasteiger partial charge on any atom is -0.277 e. The van der Waals surface area contributed by atoms with Crippen molar-refractivity contribution >= 4 is 33.7 Å². The number of halogens is 2. The first kappa shape index (κ1) is 10.4. The normalized spacial score (nSPS) is 21.1. The van der Waals surface area contributed by atoms with Gasteiger partial charge in [-0.25, -0.2) is 3.93 Å². The van der Waals surface area contributed by atoms with Crippen LogP contribution in [0.1, 0.15) is 29.8 Å². The molecular weight excluding hydrogens is 295 g/mol. The van der Waals surface area contributed by atoms with Crippen molar-refractivity contribution in [2.24, 2.45) is 0 Å². The molecule has 0 aromatic carbocycles. The fraction of sp³-hybridized carbons (Fsp3) is 0.400. The third-order valence-electron chi connectivity index (χ3n) is 3.36. The van der Waals surface area contributed by atoms with E-state index in [1.165, 1.54) is 20.6 Å². The van der Waals surface area contributed by atoms with Gasteiger partial charge in [-0.2, -0.15) is 0 Å². The van der Waals surface area contributed by atoms with Crippen molar-refractivity contribution in [1.29, 1.82) is 0 Å². The maximum Gasteiger partial charge on any atom is 0.284 e. The van der Waals surface area contributed by atoms with Gasteiger partial charge in [0.15, 0.2) is 0 Å². The number of carbonyl (C=O) groups excluding carboxylic acids is 1. The van der Waals surface area contributed by atoms with Crippen LogP contribution in [-0.4, -0.2) is 14.4 Å². The molecule has 0 bridgehead atoms.